The number of benzene rings is 1. The van der Waals surface area contributed by atoms with E-state index in [2.05, 4.69) is 9.55 Å². The maximum Gasteiger partial charge on any atom is 0.281 e. The average molecular weight is 239 g/mol. The molecule has 0 unspecified atom stereocenters. The van der Waals surface area contributed by atoms with E-state index < -0.39 is 0 Å². The summed E-state index contributed by atoms with van der Waals surface area (Å²) in [5.41, 5.74) is 0.743. The second kappa shape index (κ2) is 3.25. The van der Waals surface area contributed by atoms with Crippen molar-refractivity contribution in [2.45, 2.75) is 11.7 Å². The zero-order chi connectivity index (χ0) is 10.4. The average Bonchev–Trinajstić information content (AvgIpc) is 2.66. The Morgan fingerprint density at radius 3 is 3.20 bits per heavy atom. The minimum absolute atomic E-state index is 0.187. The molecule has 5 heteroatoms. The first kappa shape index (κ1) is 9.24. The first-order chi connectivity index (χ1) is 7.25. The number of aromatic nitrogens is 2. The lowest BCUT2D eigenvalue weighted by molar-refractivity contribution is 0.709. The zero-order valence-corrected chi connectivity index (χ0v) is 9.31. The van der Waals surface area contributed by atoms with E-state index in [9.17, 15) is 4.79 Å². The van der Waals surface area contributed by atoms with E-state index in [1.165, 1.54) is 0 Å². The van der Waals surface area contributed by atoms with Crippen molar-refractivity contribution >= 4 is 34.3 Å². The maximum atomic E-state index is 11.7. The molecule has 3 rings (SSSR count). The molecule has 0 saturated heterocycles. The van der Waals surface area contributed by atoms with Gasteiger partial charge in [0.05, 0.1) is 10.9 Å². The summed E-state index contributed by atoms with van der Waals surface area (Å²) in [6.07, 6.45) is 0. The third-order valence-corrected chi connectivity index (χ3v) is 3.65. The molecule has 0 N–H and O–H groups in total. The Bertz CT molecular complexity index is 608. The van der Waals surface area contributed by atoms with Gasteiger partial charge in [0.1, 0.15) is 0 Å². The van der Waals surface area contributed by atoms with Gasteiger partial charge in [-0.2, -0.15) is 4.98 Å². The van der Waals surface area contributed by atoms with Crippen molar-refractivity contribution in [2.75, 3.05) is 5.75 Å². The van der Waals surface area contributed by atoms with Crippen LogP contribution in [0.4, 0.5) is 0 Å². The summed E-state index contributed by atoms with van der Waals surface area (Å²) >= 11 is 7.48. The van der Waals surface area contributed by atoms with Crippen LogP contribution in [-0.2, 0) is 6.54 Å². The van der Waals surface area contributed by atoms with Crippen LogP contribution in [0.25, 0.3) is 10.9 Å². The maximum absolute atomic E-state index is 11.7. The van der Waals surface area contributed by atoms with Gasteiger partial charge >= 0.3 is 0 Å². The first-order valence-corrected chi connectivity index (χ1v) is 5.95. The molecule has 15 heavy (non-hydrogen) atoms. The Labute approximate surface area is 95.1 Å². The summed E-state index contributed by atoms with van der Waals surface area (Å²) in [5.74, 6) is 0.980. The Morgan fingerprint density at radius 2 is 2.33 bits per heavy atom. The van der Waals surface area contributed by atoms with Crippen LogP contribution >= 0.6 is 23.4 Å². The Hall–Kier alpha value is -1.000. The van der Waals surface area contributed by atoms with Crippen LogP contribution in [0.3, 0.4) is 0 Å². The summed E-state index contributed by atoms with van der Waals surface area (Å²) in [6.45, 7) is 0.908. The molecule has 0 bridgehead atoms. The van der Waals surface area contributed by atoms with Crippen molar-refractivity contribution in [1.29, 1.82) is 0 Å². The standard InChI is InChI=1S/C10H7ClN2OS/c11-6-1-2-8-7(5-6)9(14)12-10-13(8)3-4-15-10/h1-2,5H,3-4H2. The third kappa shape index (κ3) is 1.36. The first-order valence-electron chi connectivity index (χ1n) is 4.58. The summed E-state index contributed by atoms with van der Waals surface area (Å²) in [7, 11) is 0. The fourth-order valence-corrected chi connectivity index (χ4v) is 2.90. The van der Waals surface area contributed by atoms with E-state index in [1.54, 1.807) is 23.9 Å². The molecule has 3 nitrogen and oxygen atoms in total. The van der Waals surface area contributed by atoms with Crippen LogP contribution in [0.5, 0.6) is 0 Å². The monoisotopic (exact) mass is 238 g/mol. The quantitative estimate of drug-likeness (QED) is 0.660. The molecule has 1 aliphatic rings. The van der Waals surface area contributed by atoms with E-state index in [1.807, 2.05) is 6.07 Å². The van der Waals surface area contributed by atoms with Gasteiger partial charge in [-0.05, 0) is 18.2 Å². The number of fused-ring (bicyclic) bond motifs is 3. The molecule has 0 atom stereocenters. The van der Waals surface area contributed by atoms with Gasteiger partial charge in [0.15, 0.2) is 5.16 Å². The highest BCUT2D eigenvalue weighted by atomic mass is 35.5. The van der Waals surface area contributed by atoms with Gasteiger partial charge in [-0.15, -0.1) is 0 Å². The van der Waals surface area contributed by atoms with Gasteiger partial charge in [-0.3, -0.25) is 4.79 Å². The Balaban J connectivity index is 2.50. The Kier molecular flexibility index (Phi) is 2.00. The summed E-state index contributed by atoms with van der Waals surface area (Å²) in [6, 6.07) is 5.37. The van der Waals surface area contributed by atoms with Crippen molar-refractivity contribution in [3.63, 3.8) is 0 Å². The van der Waals surface area contributed by atoms with Crippen LogP contribution < -0.4 is 5.56 Å². The number of halogens is 1. The summed E-state index contributed by atoms with van der Waals surface area (Å²) in [4.78, 5) is 15.7. The van der Waals surface area contributed by atoms with Crippen molar-refractivity contribution in [2.24, 2.45) is 0 Å². The summed E-state index contributed by atoms with van der Waals surface area (Å²) in [5, 5.41) is 2.00. The molecule has 1 aromatic carbocycles. The van der Waals surface area contributed by atoms with Gasteiger partial charge in [-0.25, -0.2) is 0 Å². The van der Waals surface area contributed by atoms with Gasteiger partial charge in [0.25, 0.3) is 5.56 Å². The molecular formula is C10H7ClN2OS. The van der Waals surface area contributed by atoms with Crippen molar-refractivity contribution < 1.29 is 0 Å². The van der Waals surface area contributed by atoms with Crippen molar-refractivity contribution in [3.8, 4) is 0 Å². The molecule has 1 aromatic heterocycles. The molecule has 0 radical (unpaired) electrons. The van der Waals surface area contributed by atoms with Crippen LogP contribution in [0.2, 0.25) is 5.02 Å². The molecule has 0 fully saturated rings. The number of nitrogens with zero attached hydrogens (tertiary/aromatic N) is 2. The van der Waals surface area contributed by atoms with E-state index in [4.69, 9.17) is 11.6 Å². The van der Waals surface area contributed by atoms with Gasteiger partial charge in [0, 0.05) is 17.3 Å². The predicted octanol–water partition coefficient (Wildman–Crippen LogP) is 2.16. The highest BCUT2D eigenvalue weighted by molar-refractivity contribution is 7.99. The summed E-state index contributed by atoms with van der Waals surface area (Å²) < 4.78 is 2.07. The fraction of sp³-hybridized carbons (Fsp3) is 0.200. The van der Waals surface area contributed by atoms with Crippen molar-refractivity contribution in [1.82, 2.24) is 9.55 Å². The number of rotatable bonds is 0. The molecule has 2 heterocycles. The molecule has 0 spiro atoms. The van der Waals surface area contributed by atoms with Gasteiger partial charge < -0.3 is 4.57 Å². The van der Waals surface area contributed by atoms with Crippen LogP contribution in [0, 0.1) is 0 Å². The topological polar surface area (TPSA) is 34.9 Å². The highest BCUT2D eigenvalue weighted by Crippen LogP contribution is 2.26. The second-order valence-corrected chi connectivity index (χ2v) is 4.86. The number of thioether (sulfide) groups is 1. The number of hydrogen-bond donors (Lipinski definition) is 0. The molecular weight excluding hydrogens is 232 g/mol. The number of aryl methyl sites for hydroxylation is 1. The minimum Gasteiger partial charge on any atom is -0.319 e. The van der Waals surface area contributed by atoms with Gasteiger partial charge in [-0.1, -0.05) is 23.4 Å². The zero-order valence-electron chi connectivity index (χ0n) is 7.74. The lowest BCUT2D eigenvalue weighted by Gasteiger charge is -2.06. The Morgan fingerprint density at radius 1 is 1.47 bits per heavy atom. The van der Waals surface area contributed by atoms with Crippen molar-refractivity contribution in [3.05, 3.63) is 33.6 Å². The van der Waals surface area contributed by atoms with E-state index in [-0.39, 0.29) is 5.56 Å². The molecule has 2 aromatic rings. The SMILES string of the molecule is O=c1nc2n(c3ccc(Cl)cc13)CCS2. The normalized spacial score (nSPS) is 14.5. The van der Waals surface area contributed by atoms with Gasteiger partial charge in [0.2, 0.25) is 0 Å². The van der Waals surface area contributed by atoms with E-state index in [0.717, 1.165) is 23.0 Å². The lowest BCUT2D eigenvalue weighted by atomic mass is 10.2. The minimum atomic E-state index is -0.187. The number of hydrogen-bond acceptors (Lipinski definition) is 3. The third-order valence-electron chi connectivity index (χ3n) is 2.45. The molecule has 76 valence electrons. The molecule has 1 aliphatic heterocycles. The molecule has 0 aliphatic carbocycles. The van der Waals surface area contributed by atoms with E-state index >= 15 is 0 Å². The molecule has 0 amide bonds. The molecule has 0 saturated carbocycles. The predicted molar refractivity (Wildman–Crippen MR) is 61.7 cm³/mol. The smallest absolute Gasteiger partial charge is 0.281 e. The van der Waals surface area contributed by atoms with Crippen LogP contribution in [-0.4, -0.2) is 15.3 Å². The largest absolute Gasteiger partial charge is 0.319 e. The fourth-order valence-electron chi connectivity index (χ4n) is 1.78. The van der Waals surface area contributed by atoms with Crippen LogP contribution in [0.1, 0.15) is 0 Å². The second-order valence-electron chi connectivity index (χ2n) is 3.36. The van der Waals surface area contributed by atoms with E-state index in [0.29, 0.717) is 10.4 Å². The highest BCUT2D eigenvalue weighted by Gasteiger charge is 2.16. The van der Waals surface area contributed by atoms with Crippen LogP contribution in [0.15, 0.2) is 28.2 Å². The lowest BCUT2D eigenvalue weighted by Crippen LogP contribution is -2.13.